The fourth-order valence-corrected chi connectivity index (χ4v) is 4.00. The van der Waals surface area contributed by atoms with Gasteiger partial charge in [0.15, 0.2) is 0 Å². The monoisotopic (exact) mass is 308 g/mol. The first-order chi connectivity index (χ1) is 10.2. The van der Waals surface area contributed by atoms with Crippen molar-refractivity contribution in [1.29, 1.82) is 0 Å². The molecule has 116 valence electrons. The largest absolute Gasteiger partial charge is 0.495 e. The van der Waals surface area contributed by atoms with Gasteiger partial charge in [0, 0.05) is 30.9 Å². The SMILES string of the molecule is CCC1CN2CCCCC2CN1c1ccc(OC)c(Cl)c1. The Morgan fingerprint density at radius 1 is 1.29 bits per heavy atom. The van der Waals surface area contributed by atoms with E-state index in [9.17, 15) is 0 Å². The van der Waals surface area contributed by atoms with Crippen LogP contribution in [0, 0.1) is 0 Å². The third kappa shape index (κ3) is 3.00. The number of nitrogens with zero attached hydrogens (tertiary/aromatic N) is 2. The summed E-state index contributed by atoms with van der Waals surface area (Å²) in [6.07, 6.45) is 5.24. The van der Waals surface area contributed by atoms with Crippen LogP contribution in [-0.4, -0.2) is 43.7 Å². The minimum absolute atomic E-state index is 0.587. The average Bonchev–Trinajstić information content (AvgIpc) is 2.53. The highest BCUT2D eigenvalue weighted by atomic mass is 35.5. The molecule has 0 amide bonds. The molecule has 2 atom stereocenters. The maximum Gasteiger partial charge on any atom is 0.137 e. The molecule has 2 aliphatic rings. The first-order valence-corrected chi connectivity index (χ1v) is 8.45. The van der Waals surface area contributed by atoms with Crippen LogP contribution in [0.2, 0.25) is 5.02 Å². The molecule has 0 saturated carbocycles. The Morgan fingerprint density at radius 3 is 2.86 bits per heavy atom. The lowest BCUT2D eigenvalue weighted by atomic mass is 9.95. The number of piperazine rings is 1. The van der Waals surface area contributed by atoms with Crippen LogP contribution in [0.15, 0.2) is 18.2 Å². The van der Waals surface area contributed by atoms with E-state index in [1.165, 1.54) is 44.5 Å². The molecule has 1 aromatic carbocycles. The van der Waals surface area contributed by atoms with Crippen LogP contribution in [-0.2, 0) is 0 Å². The molecule has 0 bridgehead atoms. The molecule has 2 heterocycles. The van der Waals surface area contributed by atoms with Gasteiger partial charge < -0.3 is 9.64 Å². The van der Waals surface area contributed by atoms with Crippen LogP contribution >= 0.6 is 11.6 Å². The van der Waals surface area contributed by atoms with Crippen LogP contribution in [0.5, 0.6) is 5.75 Å². The fraction of sp³-hybridized carbons (Fsp3) is 0.647. The summed E-state index contributed by atoms with van der Waals surface area (Å²) in [5.74, 6) is 0.754. The number of rotatable bonds is 3. The van der Waals surface area contributed by atoms with Crippen molar-refractivity contribution in [3.63, 3.8) is 0 Å². The van der Waals surface area contributed by atoms with Gasteiger partial charge in [0.25, 0.3) is 0 Å². The van der Waals surface area contributed by atoms with Crippen molar-refractivity contribution in [2.24, 2.45) is 0 Å². The normalized spacial score (nSPS) is 26.5. The van der Waals surface area contributed by atoms with Crippen LogP contribution in [0.3, 0.4) is 0 Å². The second kappa shape index (κ2) is 6.45. The predicted molar refractivity (Wildman–Crippen MR) is 88.6 cm³/mol. The number of hydrogen-bond donors (Lipinski definition) is 0. The summed E-state index contributed by atoms with van der Waals surface area (Å²) in [6.45, 7) is 5.87. The van der Waals surface area contributed by atoms with Gasteiger partial charge in [-0.2, -0.15) is 0 Å². The fourth-order valence-electron chi connectivity index (χ4n) is 3.75. The van der Waals surface area contributed by atoms with Gasteiger partial charge in [0.1, 0.15) is 5.75 Å². The van der Waals surface area contributed by atoms with Crippen molar-refractivity contribution in [2.45, 2.75) is 44.7 Å². The summed E-state index contributed by atoms with van der Waals surface area (Å²) in [5, 5.41) is 0.705. The molecule has 1 aromatic rings. The predicted octanol–water partition coefficient (Wildman–Crippen LogP) is 3.80. The van der Waals surface area contributed by atoms with Gasteiger partial charge >= 0.3 is 0 Å². The van der Waals surface area contributed by atoms with Crippen molar-refractivity contribution >= 4 is 17.3 Å². The summed E-state index contributed by atoms with van der Waals surface area (Å²) < 4.78 is 5.27. The van der Waals surface area contributed by atoms with Crippen LogP contribution < -0.4 is 9.64 Å². The van der Waals surface area contributed by atoms with E-state index in [0.717, 1.165) is 12.3 Å². The lowest BCUT2D eigenvalue weighted by molar-refractivity contribution is 0.111. The number of halogens is 1. The lowest BCUT2D eigenvalue weighted by Gasteiger charge is -2.49. The van der Waals surface area contributed by atoms with Crippen molar-refractivity contribution in [1.82, 2.24) is 4.90 Å². The smallest absolute Gasteiger partial charge is 0.137 e. The summed E-state index contributed by atoms with van der Waals surface area (Å²) in [7, 11) is 1.66. The molecule has 0 radical (unpaired) electrons. The third-order valence-corrected chi connectivity index (χ3v) is 5.28. The first kappa shape index (κ1) is 15.0. The van der Waals surface area contributed by atoms with Gasteiger partial charge in [-0.15, -0.1) is 0 Å². The van der Waals surface area contributed by atoms with Gasteiger partial charge in [-0.05, 0) is 44.0 Å². The summed E-state index contributed by atoms with van der Waals surface area (Å²) in [4.78, 5) is 5.25. The second-order valence-electron chi connectivity index (χ2n) is 6.18. The molecule has 2 unspecified atom stereocenters. The number of anilines is 1. The first-order valence-electron chi connectivity index (χ1n) is 8.07. The Hall–Kier alpha value is -0.930. The Labute approximate surface area is 132 Å². The number of hydrogen-bond acceptors (Lipinski definition) is 3. The van der Waals surface area contributed by atoms with Crippen LogP contribution in [0.4, 0.5) is 5.69 Å². The van der Waals surface area contributed by atoms with E-state index < -0.39 is 0 Å². The summed E-state index contributed by atoms with van der Waals surface area (Å²) >= 11 is 6.31. The van der Waals surface area contributed by atoms with E-state index in [1.807, 2.05) is 6.07 Å². The highest BCUT2D eigenvalue weighted by Crippen LogP contribution is 2.33. The zero-order valence-corrected chi connectivity index (χ0v) is 13.8. The minimum atomic E-state index is 0.587. The van der Waals surface area contributed by atoms with Crippen molar-refractivity contribution in [2.75, 3.05) is 31.6 Å². The molecule has 3 nitrogen and oxygen atoms in total. The van der Waals surface area contributed by atoms with Gasteiger partial charge in [0.05, 0.1) is 12.1 Å². The van der Waals surface area contributed by atoms with E-state index in [1.54, 1.807) is 7.11 Å². The molecule has 0 aliphatic carbocycles. The van der Waals surface area contributed by atoms with E-state index in [-0.39, 0.29) is 0 Å². The van der Waals surface area contributed by atoms with Gasteiger partial charge in [-0.25, -0.2) is 0 Å². The van der Waals surface area contributed by atoms with Gasteiger partial charge in [0.2, 0.25) is 0 Å². The molecule has 4 heteroatoms. The van der Waals surface area contributed by atoms with Crippen molar-refractivity contribution in [3.8, 4) is 5.75 Å². The van der Waals surface area contributed by atoms with Crippen molar-refractivity contribution < 1.29 is 4.74 Å². The topological polar surface area (TPSA) is 15.7 Å². The lowest BCUT2D eigenvalue weighted by Crippen LogP contribution is -2.59. The molecular weight excluding hydrogens is 284 g/mol. The van der Waals surface area contributed by atoms with E-state index >= 15 is 0 Å². The highest BCUT2D eigenvalue weighted by molar-refractivity contribution is 6.32. The summed E-state index contributed by atoms with van der Waals surface area (Å²) in [5.41, 5.74) is 1.23. The van der Waals surface area contributed by atoms with Crippen molar-refractivity contribution in [3.05, 3.63) is 23.2 Å². The van der Waals surface area contributed by atoms with Crippen LogP contribution in [0.25, 0.3) is 0 Å². The zero-order chi connectivity index (χ0) is 14.8. The van der Waals surface area contributed by atoms with E-state index in [2.05, 4.69) is 28.9 Å². The maximum absolute atomic E-state index is 6.31. The molecule has 0 aromatic heterocycles. The van der Waals surface area contributed by atoms with Gasteiger partial charge in [-0.1, -0.05) is 24.9 Å². The van der Waals surface area contributed by atoms with E-state index in [4.69, 9.17) is 16.3 Å². The number of fused-ring (bicyclic) bond motifs is 1. The maximum atomic E-state index is 6.31. The Kier molecular flexibility index (Phi) is 4.60. The number of benzene rings is 1. The number of piperidine rings is 1. The molecule has 2 fully saturated rings. The zero-order valence-electron chi connectivity index (χ0n) is 13.0. The Balaban J connectivity index is 1.83. The molecule has 2 saturated heterocycles. The molecule has 3 rings (SSSR count). The average molecular weight is 309 g/mol. The molecule has 0 N–H and O–H groups in total. The second-order valence-corrected chi connectivity index (χ2v) is 6.59. The molecule has 2 aliphatic heterocycles. The molecule has 0 spiro atoms. The number of methoxy groups -OCH3 is 1. The Morgan fingerprint density at radius 2 is 2.14 bits per heavy atom. The number of ether oxygens (including phenoxy) is 1. The quantitative estimate of drug-likeness (QED) is 0.844. The highest BCUT2D eigenvalue weighted by Gasteiger charge is 2.34. The van der Waals surface area contributed by atoms with E-state index in [0.29, 0.717) is 17.1 Å². The minimum Gasteiger partial charge on any atom is -0.495 e. The third-order valence-electron chi connectivity index (χ3n) is 4.98. The molecular formula is C17H25ClN2O. The molecule has 21 heavy (non-hydrogen) atoms. The standard InChI is InChI=1S/C17H25ClN2O/c1-3-13-11-19-9-5-4-6-15(19)12-20(13)14-7-8-17(21-2)16(18)10-14/h7-8,10,13,15H,3-6,9,11-12H2,1-2H3. The van der Waals surface area contributed by atoms with Crippen LogP contribution in [0.1, 0.15) is 32.6 Å². The summed E-state index contributed by atoms with van der Waals surface area (Å²) in [6, 6.07) is 7.48. The van der Waals surface area contributed by atoms with Gasteiger partial charge in [-0.3, -0.25) is 4.90 Å². The Bertz CT molecular complexity index is 494.